The zero-order chi connectivity index (χ0) is 17.8. The molecule has 8 heteroatoms. The summed E-state index contributed by atoms with van der Waals surface area (Å²) in [5, 5.41) is 14.9. The van der Waals surface area contributed by atoms with Crippen molar-refractivity contribution in [3.63, 3.8) is 0 Å². The number of aromatic nitrogens is 4. The van der Waals surface area contributed by atoms with Crippen molar-refractivity contribution < 1.29 is 9.32 Å². The van der Waals surface area contributed by atoms with Crippen molar-refractivity contribution in [1.29, 1.82) is 0 Å². The Hall–Kier alpha value is -3.26. The average molecular weight is 365 g/mol. The van der Waals surface area contributed by atoms with Gasteiger partial charge >= 0.3 is 0 Å². The first kappa shape index (κ1) is 16.2. The van der Waals surface area contributed by atoms with Crippen LogP contribution in [-0.2, 0) is 11.2 Å². The molecule has 26 heavy (non-hydrogen) atoms. The van der Waals surface area contributed by atoms with Crippen LogP contribution in [0.4, 0.5) is 5.69 Å². The lowest BCUT2D eigenvalue weighted by atomic mass is 10.2. The van der Waals surface area contributed by atoms with E-state index in [1.54, 1.807) is 22.2 Å². The number of hydrogen-bond acceptors (Lipinski definition) is 6. The Kier molecular flexibility index (Phi) is 4.57. The van der Waals surface area contributed by atoms with Gasteiger partial charge in [0.05, 0.1) is 5.69 Å². The second kappa shape index (κ2) is 7.32. The predicted molar refractivity (Wildman–Crippen MR) is 98.1 cm³/mol. The zero-order valence-electron chi connectivity index (χ0n) is 13.7. The van der Waals surface area contributed by atoms with E-state index in [9.17, 15) is 4.79 Å². The van der Waals surface area contributed by atoms with Gasteiger partial charge in [-0.25, -0.2) is 4.68 Å². The fourth-order valence-electron chi connectivity index (χ4n) is 2.46. The van der Waals surface area contributed by atoms with Gasteiger partial charge in [-0.1, -0.05) is 11.2 Å². The van der Waals surface area contributed by atoms with Crippen LogP contribution in [0, 0.1) is 0 Å². The molecule has 4 rings (SSSR count). The number of thiophene rings is 1. The van der Waals surface area contributed by atoms with Gasteiger partial charge in [0.25, 0.3) is 0 Å². The molecular formula is C18H15N5O2S. The van der Waals surface area contributed by atoms with Crippen molar-refractivity contribution in [3.05, 3.63) is 65.4 Å². The number of nitrogens with one attached hydrogen (secondary N) is 1. The number of aryl methyl sites for hydroxylation is 1. The van der Waals surface area contributed by atoms with Gasteiger partial charge in [0.1, 0.15) is 0 Å². The first-order valence-corrected chi connectivity index (χ1v) is 8.97. The summed E-state index contributed by atoms with van der Waals surface area (Å²) in [5.41, 5.74) is 2.52. The highest BCUT2D eigenvalue weighted by molar-refractivity contribution is 7.08. The molecule has 0 saturated carbocycles. The largest absolute Gasteiger partial charge is 0.339 e. The lowest BCUT2D eigenvalue weighted by Gasteiger charge is -2.07. The van der Waals surface area contributed by atoms with Crippen LogP contribution in [-0.4, -0.2) is 25.8 Å². The average Bonchev–Trinajstić information content (AvgIpc) is 3.42. The van der Waals surface area contributed by atoms with Crippen LogP contribution in [0.3, 0.4) is 0 Å². The van der Waals surface area contributed by atoms with E-state index in [2.05, 4.69) is 20.6 Å². The van der Waals surface area contributed by atoms with E-state index in [1.807, 2.05) is 53.4 Å². The third-order valence-electron chi connectivity index (χ3n) is 3.71. The fourth-order valence-corrected chi connectivity index (χ4v) is 3.09. The zero-order valence-corrected chi connectivity index (χ0v) is 14.5. The number of nitrogens with zero attached hydrogens (tertiary/aromatic N) is 4. The second-order valence-corrected chi connectivity index (χ2v) is 6.35. The van der Waals surface area contributed by atoms with Gasteiger partial charge in [-0.3, -0.25) is 4.79 Å². The van der Waals surface area contributed by atoms with E-state index >= 15 is 0 Å². The number of rotatable bonds is 6. The summed E-state index contributed by atoms with van der Waals surface area (Å²) in [6.07, 6.45) is 4.21. The third kappa shape index (κ3) is 3.70. The molecule has 0 aliphatic carbocycles. The molecule has 130 valence electrons. The quantitative estimate of drug-likeness (QED) is 0.565. The van der Waals surface area contributed by atoms with Crippen molar-refractivity contribution in [2.75, 3.05) is 5.32 Å². The van der Waals surface area contributed by atoms with Crippen LogP contribution >= 0.6 is 11.3 Å². The second-order valence-electron chi connectivity index (χ2n) is 5.57. The summed E-state index contributed by atoms with van der Waals surface area (Å²) in [6, 6.07) is 11.3. The SMILES string of the molecule is O=C(CCc1nc(-c2ccsc2)no1)Nc1cccc(-n2cccn2)c1. The summed E-state index contributed by atoms with van der Waals surface area (Å²) in [7, 11) is 0. The molecule has 1 aromatic carbocycles. The summed E-state index contributed by atoms with van der Waals surface area (Å²) < 4.78 is 6.95. The normalized spacial score (nSPS) is 10.8. The van der Waals surface area contributed by atoms with Gasteiger partial charge in [0, 0.05) is 41.9 Å². The van der Waals surface area contributed by atoms with Crippen molar-refractivity contribution >= 4 is 22.9 Å². The van der Waals surface area contributed by atoms with Gasteiger partial charge in [-0.05, 0) is 35.7 Å². The van der Waals surface area contributed by atoms with Crippen molar-refractivity contribution in [2.24, 2.45) is 0 Å². The molecule has 1 N–H and O–H groups in total. The number of amides is 1. The topological polar surface area (TPSA) is 85.8 Å². The number of carbonyl (C=O) groups excluding carboxylic acids is 1. The molecule has 4 aromatic rings. The van der Waals surface area contributed by atoms with Crippen LogP contribution in [0.5, 0.6) is 0 Å². The number of carbonyl (C=O) groups is 1. The minimum Gasteiger partial charge on any atom is -0.339 e. The minimum absolute atomic E-state index is 0.113. The highest BCUT2D eigenvalue weighted by Crippen LogP contribution is 2.19. The van der Waals surface area contributed by atoms with E-state index in [0.717, 1.165) is 11.3 Å². The molecule has 1 amide bonds. The van der Waals surface area contributed by atoms with E-state index in [1.165, 1.54) is 0 Å². The molecule has 0 saturated heterocycles. The Morgan fingerprint density at radius 1 is 1.27 bits per heavy atom. The number of benzene rings is 1. The van der Waals surface area contributed by atoms with E-state index in [-0.39, 0.29) is 12.3 Å². The van der Waals surface area contributed by atoms with E-state index < -0.39 is 0 Å². The molecule has 0 spiro atoms. The van der Waals surface area contributed by atoms with Crippen LogP contribution in [0.1, 0.15) is 12.3 Å². The Labute approximate surface area is 153 Å². The van der Waals surface area contributed by atoms with Gasteiger partial charge < -0.3 is 9.84 Å². The fraction of sp³-hybridized carbons (Fsp3) is 0.111. The molecule has 3 aromatic heterocycles. The summed E-state index contributed by atoms with van der Waals surface area (Å²) in [4.78, 5) is 16.5. The Bertz CT molecular complexity index is 992. The monoisotopic (exact) mass is 365 g/mol. The molecular weight excluding hydrogens is 350 g/mol. The van der Waals surface area contributed by atoms with Gasteiger partial charge in [0.2, 0.25) is 17.6 Å². The highest BCUT2D eigenvalue weighted by Gasteiger charge is 2.11. The Morgan fingerprint density at radius 2 is 2.23 bits per heavy atom. The van der Waals surface area contributed by atoms with Crippen molar-refractivity contribution in [3.8, 4) is 17.1 Å². The number of hydrogen-bond donors (Lipinski definition) is 1. The number of anilines is 1. The van der Waals surface area contributed by atoms with Gasteiger partial charge in [-0.15, -0.1) is 0 Å². The van der Waals surface area contributed by atoms with Crippen molar-refractivity contribution in [1.82, 2.24) is 19.9 Å². The molecule has 7 nitrogen and oxygen atoms in total. The van der Waals surface area contributed by atoms with E-state index in [4.69, 9.17) is 4.52 Å². The third-order valence-corrected chi connectivity index (χ3v) is 4.40. The van der Waals surface area contributed by atoms with Gasteiger partial charge in [-0.2, -0.15) is 21.4 Å². The summed E-state index contributed by atoms with van der Waals surface area (Å²) in [5.74, 6) is 0.887. The Balaban J connectivity index is 1.35. The smallest absolute Gasteiger partial charge is 0.227 e. The predicted octanol–water partition coefficient (Wildman–Crippen LogP) is 3.56. The van der Waals surface area contributed by atoms with Crippen molar-refractivity contribution in [2.45, 2.75) is 12.8 Å². The molecule has 0 radical (unpaired) electrons. The first-order valence-electron chi connectivity index (χ1n) is 8.03. The summed E-state index contributed by atoms with van der Waals surface area (Å²) >= 11 is 1.57. The maximum atomic E-state index is 12.2. The van der Waals surface area contributed by atoms with E-state index in [0.29, 0.717) is 23.8 Å². The molecule has 3 heterocycles. The lowest BCUT2D eigenvalue weighted by molar-refractivity contribution is -0.116. The summed E-state index contributed by atoms with van der Waals surface area (Å²) in [6.45, 7) is 0. The Morgan fingerprint density at radius 3 is 3.04 bits per heavy atom. The lowest BCUT2D eigenvalue weighted by Crippen LogP contribution is -2.12. The van der Waals surface area contributed by atoms with Crippen LogP contribution in [0.15, 0.2) is 64.1 Å². The van der Waals surface area contributed by atoms with Crippen LogP contribution in [0.2, 0.25) is 0 Å². The van der Waals surface area contributed by atoms with Crippen LogP contribution < -0.4 is 5.32 Å². The maximum Gasteiger partial charge on any atom is 0.227 e. The molecule has 0 fully saturated rings. The standard InChI is InChI=1S/C18H15N5O2S/c24-16(5-6-17-21-18(22-25-17)13-7-10-26-12-13)20-14-3-1-4-15(11-14)23-9-2-8-19-23/h1-4,7-12H,5-6H2,(H,20,24). The molecule has 0 aliphatic heterocycles. The molecule has 0 atom stereocenters. The molecule has 0 bridgehead atoms. The maximum absolute atomic E-state index is 12.2. The highest BCUT2D eigenvalue weighted by atomic mass is 32.1. The van der Waals surface area contributed by atoms with Gasteiger partial charge in [0.15, 0.2) is 0 Å². The minimum atomic E-state index is -0.113. The van der Waals surface area contributed by atoms with Crippen LogP contribution in [0.25, 0.3) is 17.1 Å². The first-order chi connectivity index (χ1) is 12.8. The molecule has 0 unspecified atom stereocenters. The molecule has 0 aliphatic rings.